The van der Waals surface area contributed by atoms with E-state index in [1.165, 1.54) is 44.9 Å². The molecule has 3 rings (SSSR count). The topological polar surface area (TPSA) is 17.1 Å². The molecule has 0 spiro atoms. The lowest BCUT2D eigenvalue weighted by Crippen LogP contribution is -2.40. The number of hydrogen-bond acceptors (Lipinski definition) is 1. The summed E-state index contributed by atoms with van der Waals surface area (Å²) in [5, 5.41) is 0. The van der Waals surface area contributed by atoms with E-state index in [1.54, 1.807) is 11.1 Å². The van der Waals surface area contributed by atoms with Crippen molar-refractivity contribution in [3.05, 3.63) is 11.1 Å². The van der Waals surface area contributed by atoms with E-state index in [9.17, 15) is 4.79 Å². The SMILES string of the molecule is C[C@H]1C2=C(CCCCCC2)C[C@H]2CCC(=O)[C@]21C. The average molecular weight is 246 g/mol. The number of allylic oxidation sites excluding steroid dienone is 2. The highest BCUT2D eigenvalue weighted by Crippen LogP contribution is 2.56. The van der Waals surface area contributed by atoms with Crippen LogP contribution in [0, 0.1) is 17.3 Å². The van der Waals surface area contributed by atoms with Crippen LogP contribution in [-0.4, -0.2) is 5.78 Å². The summed E-state index contributed by atoms with van der Waals surface area (Å²) in [6.45, 7) is 4.60. The standard InChI is InChI=1S/C17H26O/c1-12-15-8-6-4-3-5-7-13(15)11-14-9-10-16(18)17(12,14)2/h12,14H,3-11H2,1-2H3/t12-,14+,17-/m0/s1. The molecule has 3 aliphatic rings. The van der Waals surface area contributed by atoms with Gasteiger partial charge in [-0.3, -0.25) is 4.79 Å². The Morgan fingerprint density at radius 1 is 1.06 bits per heavy atom. The zero-order chi connectivity index (χ0) is 12.8. The third-order valence-electron chi connectivity index (χ3n) is 6.21. The van der Waals surface area contributed by atoms with Crippen LogP contribution < -0.4 is 0 Å². The normalized spacial score (nSPS) is 41.1. The third-order valence-corrected chi connectivity index (χ3v) is 6.21. The van der Waals surface area contributed by atoms with Crippen LogP contribution in [0.4, 0.5) is 0 Å². The van der Waals surface area contributed by atoms with Crippen molar-refractivity contribution < 1.29 is 4.79 Å². The lowest BCUT2D eigenvalue weighted by Gasteiger charge is -2.44. The maximum atomic E-state index is 12.3. The Bertz CT molecular complexity index is 392. The molecule has 1 saturated carbocycles. The smallest absolute Gasteiger partial charge is 0.139 e. The molecule has 100 valence electrons. The van der Waals surface area contributed by atoms with E-state index in [4.69, 9.17) is 0 Å². The Hall–Kier alpha value is -0.590. The number of ketones is 1. The summed E-state index contributed by atoms with van der Waals surface area (Å²) >= 11 is 0. The van der Waals surface area contributed by atoms with Crippen molar-refractivity contribution in [2.24, 2.45) is 17.3 Å². The molecule has 1 fully saturated rings. The van der Waals surface area contributed by atoms with Gasteiger partial charge in [0.25, 0.3) is 0 Å². The van der Waals surface area contributed by atoms with E-state index in [2.05, 4.69) is 13.8 Å². The van der Waals surface area contributed by atoms with E-state index in [-0.39, 0.29) is 5.41 Å². The number of Topliss-reactive ketones (excluding diaryl/α,β-unsaturated/α-hetero) is 1. The molecule has 1 nitrogen and oxygen atoms in total. The molecule has 0 heterocycles. The van der Waals surface area contributed by atoms with Crippen LogP contribution in [0.2, 0.25) is 0 Å². The Morgan fingerprint density at radius 2 is 1.78 bits per heavy atom. The monoisotopic (exact) mass is 246 g/mol. The van der Waals surface area contributed by atoms with Gasteiger partial charge < -0.3 is 0 Å². The van der Waals surface area contributed by atoms with E-state index in [0.717, 1.165) is 12.8 Å². The van der Waals surface area contributed by atoms with Crippen LogP contribution in [0.5, 0.6) is 0 Å². The van der Waals surface area contributed by atoms with Crippen molar-refractivity contribution in [3.8, 4) is 0 Å². The van der Waals surface area contributed by atoms with Gasteiger partial charge in [0.05, 0.1) is 0 Å². The first-order valence-corrected chi connectivity index (χ1v) is 7.88. The lowest BCUT2D eigenvalue weighted by molar-refractivity contribution is -0.128. The summed E-state index contributed by atoms with van der Waals surface area (Å²) in [5.41, 5.74) is 3.42. The third kappa shape index (κ3) is 1.70. The van der Waals surface area contributed by atoms with Gasteiger partial charge in [0.1, 0.15) is 5.78 Å². The van der Waals surface area contributed by atoms with Crippen LogP contribution in [-0.2, 0) is 4.79 Å². The highest BCUT2D eigenvalue weighted by atomic mass is 16.1. The van der Waals surface area contributed by atoms with Gasteiger partial charge in [-0.1, -0.05) is 37.8 Å². The van der Waals surface area contributed by atoms with E-state index in [0.29, 0.717) is 17.6 Å². The summed E-state index contributed by atoms with van der Waals surface area (Å²) in [6.07, 6.45) is 11.3. The van der Waals surface area contributed by atoms with Crippen LogP contribution in [0.3, 0.4) is 0 Å². The number of hydrogen-bond donors (Lipinski definition) is 0. The summed E-state index contributed by atoms with van der Waals surface area (Å²) in [6, 6.07) is 0. The number of fused-ring (bicyclic) bond motifs is 1. The van der Waals surface area contributed by atoms with Crippen molar-refractivity contribution in [2.45, 2.75) is 71.6 Å². The molecule has 0 unspecified atom stereocenters. The van der Waals surface area contributed by atoms with Crippen LogP contribution in [0.15, 0.2) is 11.1 Å². The maximum Gasteiger partial charge on any atom is 0.139 e. The molecule has 0 aromatic heterocycles. The summed E-state index contributed by atoms with van der Waals surface area (Å²) < 4.78 is 0. The fourth-order valence-electron chi connectivity index (χ4n) is 4.77. The van der Waals surface area contributed by atoms with Gasteiger partial charge in [-0.15, -0.1) is 0 Å². The van der Waals surface area contributed by atoms with E-state index in [1.807, 2.05) is 0 Å². The van der Waals surface area contributed by atoms with Crippen LogP contribution >= 0.6 is 0 Å². The molecule has 0 radical (unpaired) electrons. The quantitative estimate of drug-likeness (QED) is 0.568. The molecule has 0 aromatic carbocycles. The minimum absolute atomic E-state index is 0.0158. The predicted molar refractivity (Wildman–Crippen MR) is 74.3 cm³/mol. The number of carbonyl (C=O) groups excluding carboxylic acids is 1. The molecule has 0 saturated heterocycles. The Labute approximate surface area is 111 Å². The Morgan fingerprint density at radius 3 is 2.56 bits per heavy atom. The zero-order valence-corrected chi connectivity index (χ0v) is 11.9. The highest BCUT2D eigenvalue weighted by molar-refractivity contribution is 5.88. The molecule has 1 heteroatoms. The molecule has 18 heavy (non-hydrogen) atoms. The van der Waals surface area contributed by atoms with Crippen molar-refractivity contribution in [3.63, 3.8) is 0 Å². The largest absolute Gasteiger partial charge is 0.299 e. The second kappa shape index (κ2) is 4.51. The fourth-order valence-corrected chi connectivity index (χ4v) is 4.77. The van der Waals surface area contributed by atoms with Gasteiger partial charge in [-0.2, -0.15) is 0 Å². The zero-order valence-electron chi connectivity index (χ0n) is 11.9. The summed E-state index contributed by atoms with van der Waals surface area (Å²) in [7, 11) is 0. The predicted octanol–water partition coefficient (Wildman–Crippen LogP) is 4.66. The molecule has 3 atom stereocenters. The van der Waals surface area contributed by atoms with Crippen LogP contribution in [0.1, 0.15) is 71.6 Å². The molecule has 0 bridgehead atoms. The summed E-state index contributed by atoms with van der Waals surface area (Å²) in [5.74, 6) is 1.71. The second-order valence-corrected chi connectivity index (χ2v) is 6.91. The molecule has 3 aliphatic carbocycles. The van der Waals surface area contributed by atoms with Gasteiger partial charge in [0.2, 0.25) is 0 Å². The van der Waals surface area contributed by atoms with E-state index < -0.39 is 0 Å². The first-order valence-electron chi connectivity index (χ1n) is 7.88. The molecule has 0 amide bonds. The highest BCUT2D eigenvalue weighted by Gasteiger charge is 2.52. The Kier molecular flexibility index (Phi) is 3.11. The minimum atomic E-state index is -0.0158. The van der Waals surface area contributed by atoms with Crippen molar-refractivity contribution in [1.82, 2.24) is 0 Å². The second-order valence-electron chi connectivity index (χ2n) is 6.91. The van der Waals surface area contributed by atoms with Crippen molar-refractivity contribution in [2.75, 3.05) is 0 Å². The first-order chi connectivity index (χ1) is 8.64. The van der Waals surface area contributed by atoms with Crippen LogP contribution in [0.25, 0.3) is 0 Å². The number of rotatable bonds is 0. The lowest BCUT2D eigenvalue weighted by atomic mass is 9.59. The van der Waals surface area contributed by atoms with E-state index >= 15 is 0 Å². The van der Waals surface area contributed by atoms with Crippen molar-refractivity contribution >= 4 is 5.78 Å². The van der Waals surface area contributed by atoms with Gasteiger partial charge in [0.15, 0.2) is 0 Å². The first kappa shape index (κ1) is 12.4. The van der Waals surface area contributed by atoms with Gasteiger partial charge in [0, 0.05) is 11.8 Å². The molecule has 0 N–H and O–H groups in total. The molecular formula is C17H26O. The maximum absolute atomic E-state index is 12.3. The van der Waals surface area contributed by atoms with Gasteiger partial charge in [-0.25, -0.2) is 0 Å². The summed E-state index contributed by atoms with van der Waals surface area (Å²) in [4.78, 5) is 12.3. The molecular weight excluding hydrogens is 220 g/mol. The van der Waals surface area contributed by atoms with Gasteiger partial charge >= 0.3 is 0 Å². The van der Waals surface area contributed by atoms with Crippen molar-refractivity contribution in [1.29, 1.82) is 0 Å². The fraction of sp³-hybridized carbons (Fsp3) is 0.824. The number of carbonyl (C=O) groups is 1. The molecule has 0 aliphatic heterocycles. The molecule has 0 aromatic rings. The van der Waals surface area contributed by atoms with Gasteiger partial charge in [-0.05, 0) is 50.4 Å². The Balaban J connectivity index is 1.97. The average Bonchev–Trinajstić information content (AvgIpc) is 2.61. The minimum Gasteiger partial charge on any atom is -0.299 e.